The first-order valence-electron chi connectivity index (χ1n) is 3.70. The molecule has 0 spiro atoms. The van der Waals surface area contributed by atoms with Crippen LogP contribution in [0.3, 0.4) is 0 Å². The zero-order chi connectivity index (χ0) is 6.72. The number of allylic oxidation sites excluding steroid dienone is 1. The van der Waals surface area contributed by atoms with Gasteiger partial charge >= 0.3 is 0 Å². The molecule has 2 bridgehead atoms. The normalized spacial score (nSPS) is 42.3. The Labute approximate surface area is 58.8 Å². The van der Waals surface area contributed by atoms with E-state index >= 15 is 0 Å². The van der Waals surface area contributed by atoms with Crippen LogP contribution < -0.4 is 0 Å². The summed E-state index contributed by atoms with van der Waals surface area (Å²) in [7, 11) is 0. The average Bonchev–Trinajstić information content (AvgIpc) is 2.44. The van der Waals surface area contributed by atoms with Gasteiger partial charge in [-0.15, -0.1) is 0 Å². The second-order valence-corrected chi connectivity index (χ2v) is 3.33. The Bertz CT molecular complexity index is 224. The second kappa shape index (κ2) is 1.38. The van der Waals surface area contributed by atoms with Crippen molar-refractivity contribution in [3.63, 3.8) is 0 Å². The fourth-order valence-electron chi connectivity index (χ4n) is 2.31. The highest BCUT2D eigenvalue weighted by atomic mass is 16.9. The van der Waals surface area contributed by atoms with Crippen molar-refractivity contribution in [1.29, 1.82) is 0 Å². The van der Waals surface area contributed by atoms with Gasteiger partial charge in [0.1, 0.15) is 6.10 Å². The molecule has 1 aliphatic heterocycles. The Morgan fingerprint density at radius 1 is 1.50 bits per heavy atom. The lowest BCUT2D eigenvalue weighted by atomic mass is 10.0. The summed E-state index contributed by atoms with van der Waals surface area (Å²) in [5.74, 6) is 0.731. The molecule has 0 saturated heterocycles. The predicted octanol–water partition coefficient (Wildman–Crippen LogP) is 1.17. The summed E-state index contributed by atoms with van der Waals surface area (Å²) in [4.78, 5) is 5.04. The summed E-state index contributed by atoms with van der Waals surface area (Å²) in [6, 6.07) is 0. The molecule has 0 N–H and O–H groups in total. The molecule has 3 aliphatic rings. The predicted molar refractivity (Wildman–Crippen MR) is 34.4 cm³/mol. The lowest BCUT2D eigenvalue weighted by molar-refractivity contribution is -0.0965. The van der Waals surface area contributed by atoms with Gasteiger partial charge in [-0.3, -0.25) is 4.84 Å². The Morgan fingerprint density at radius 2 is 2.40 bits per heavy atom. The van der Waals surface area contributed by atoms with Gasteiger partial charge in [0.05, 0.1) is 0 Å². The van der Waals surface area contributed by atoms with Gasteiger partial charge < -0.3 is 10.4 Å². The van der Waals surface area contributed by atoms with Crippen LogP contribution in [-0.4, -0.2) is 11.3 Å². The molecule has 1 saturated carbocycles. The Kier molecular flexibility index (Phi) is 0.712. The van der Waals surface area contributed by atoms with E-state index in [1.54, 1.807) is 0 Å². The molecule has 1 fully saturated rings. The molecule has 3 nitrogen and oxygen atoms in total. The smallest absolute Gasteiger partial charge is 0.108 e. The molecule has 2 unspecified atom stereocenters. The molecule has 54 valence electrons. The van der Waals surface area contributed by atoms with Crippen LogP contribution in [0.2, 0.25) is 0 Å². The van der Waals surface area contributed by atoms with Crippen LogP contribution in [0, 0.1) is 11.1 Å². The van der Waals surface area contributed by atoms with Crippen molar-refractivity contribution < 1.29 is 4.84 Å². The molecular weight excluding hydrogens is 130 g/mol. The van der Waals surface area contributed by atoms with E-state index in [2.05, 4.69) is 0 Å². The maximum Gasteiger partial charge on any atom is 0.108 e. The molecular formula is C7H8NO2-. The topological polar surface area (TPSA) is 35.5 Å². The van der Waals surface area contributed by atoms with Crippen molar-refractivity contribution >= 4 is 0 Å². The molecule has 3 heteroatoms. The van der Waals surface area contributed by atoms with E-state index in [-0.39, 0.29) is 6.10 Å². The molecule has 2 atom stereocenters. The molecule has 1 heterocycles. The molecule has 0 amide bonds. The lowest BCUT2D eigenvalue weighted by Crippen LogP contribution is -2.11. The van der Waals surface area contributed by atoms with Gasteiger partial charge in [-0.1, -0.05) is 0 Å². The summed E-state index contributed by atoms with van der Waals surface area (Å²) in [6.45, 7) is 0. The molecule has 0 aromatic carbocycles. The highest BCUT2D eigenvalue weighted by Gasteiger charge is 2.44. The number of rotatable bonds is 0. The number of hydroxylamine groups is 2. The number of fused-ring (bicyclic) bond motifs is 1. The molecule has 0 aromatic heterocycles. The van der Waals surface area contributed by atoms with Crippen molar-refractivity contribution in [1.82, 2.24) is 5.23 Å². The maximum absolute atomic E-state index is 10.9. The minimum absolute atomic E-state index is 0.172. The van der Waals surface area contributed by atoms with E-state index in [4.69, 9.17) is 4.84 Å². The van der Waals surface area contributed by atoms with E-state index in [0.29, 0.717) is 0 Å². The summed E-state index contributed by atoms with van der Waals surface area (Å²) >= 11 is 0. The molecule has 2 aliphatic carbocycles. The van der Waals surface area contributed by atoms with E-state index in [9.17, 15) is 5.21 Å². The standard InChI is InChI=1S/C7H8NO2/c9-8-6-2-4-1-5(6)7(3-4)10-8/h4,7H,1-3H2/q-1. The fraction of sp³-hybridized carbons (Fsp3) is 0.714. The largest absolute Gasteiger partial charge is 0.734 e. The van der Waals surface area contributed by atoms with Crippen molar-refractivity contribution in [3.8, 4) is 0 Å². The highest BCUT2D eigenvalue weighted by Crippen LogP contribution is 2.50. The first-order chi connectivity index (χ1) is 4.84. The quantitative estimate of drug-likeness (QED) is 0.504. The average molecular weight is 138 g/mol. The third-order valence-electron chi connectivity index (χ3n) is 2.74. The van der Waals surface area contributed by atoms with Gasteiger partial charge in [0, 0.05) is 5.70 Å². The van der Waals surface area contributed by atoms with Crippen LogP contribution in [0.15, 0.2) is 11.3 Å². The summed E-state index contributed by atoms with van der Waals surface area (Å²) in [5.41, 5.74) is 2.22. The van der Waals surface area contributed by atoms with E-state index in [1.807, 2.05) is 0 Å². The van der Waals surface area contributed by atoms with Crippen LogP contribution in [0.5, 0.6) is 0 Å². The third kappa shape index (κ3) is 0.413. The summed E-state index contributed by atoms with van der Waals surface area (Å²) in [5, 5.41) is 11.7. The highest BCUT2D eigenvalue weighted by molar-refractivity contribution is 5.31. The number of hydrogen-bond donors (Lipinski definition) is 0. The van der Waals surface area contributed by atoms with Crippen LogP contribution in [0.4, 0.5) is 0 Å². The Balaban J connectivity index is 2.12. The maximum atomic E-state index is 10.9. The van der Waals surface area contributed by atoms with Gasteiger partial charge in [-0.25, -0.2) is 0 Å². The molecule has 0 aromatic rings. The van der Waals surface area contributed by atoms with Gasteiger partial charge in [-0.2, -0.15) is 0 Å². The zero-order valence-electron chi connectivity index (χ0n) is 5.54. The van der Waals surface area contributed by atoms with Crippen molar-refractivity contribution in [2.75, 3.05) is 0 Å². The Morgan fingerprint density at radius 3 is 3.00 bits per heavy atom. The Hall–Kier alpha value is -0.540. The molecule has 0 radical (unpaired) electrons. The first-order valence-corrected chi connectivity index (χ1v) is 3.70. The van der Waals surface area contributed by atoms with Crippen molar-refractivity contribution in [3.05, 3.63) is 16.5 Å². The van der Waals surface area contributed by atoms with E-state index < -0.39 is 0 Å². The molecule has 3 rings (SSSR count). The lowest BCUT2D eigenvalue weighted by Gasteiger charge is -2.24. The molecule has 10 heavy (non-hydrogen) atoms. The van der Waals surface area contributed by atoms with Crippen LogP contribution in [-0.2, 0) is 4.84 Å². The zero-order valence-corrected chi connectivity index (χ0v) is 5.54. The van der Waals surface area contributed by atoms with Crippen LogP contribution >= 0.6 is 0 Å². The minimum atomic E-state index is 0.172. The van der Waals surface area contributed by atoms with Crippen molar-refractivity contribution in [2.45, 2.75) is 25.4 Å². The summed E-state index contributed by atoms with van der Waals surface area (Å²) in [6.07, 6.45) is 3.34. The SMILES string of the molecule is [O-]N1OC2CC3CC2=C1C3. The van der Waals surface area contributed by atoms with Crippen LogP contribution in [0.1, 0.15) is 19.3 Å². The number of nitrogens with zero attached hydrogens (tertiary/aromatic N) is 1. The summed E-state index contributed by atoms with van der Waals surface area (Å²) < 4.78 is 0. The minimum Gasteiger partial charge on any atom is -0.734 e. The van der Waals surface area contributed by atoms with E-state index in [0.717, 1.165) is 36.1 Å². The monoisotopic (exact) mass is 138 g/mol. The first kappa shape index (κ1) is 5.16. The van der Waals surface area contributed by atoms with Gasteiger partial charge in [0.25, 0.3) is 0 Å². The van der Waals surface area contributed by atoms with E-state index in [1.165, 1.54) is 5.57 Å². The second-order valence-electron chi connectivity index (χ2n) is 3.33. The van der Waals surface area contributed by atoms with Crippen molar-refractivity contribution in [2.24, 2.45) is 5.92 Å². The number of hydrogen-bond acceptors (Lipinski definition) is 3. The fourth-order valence-corrected chi connectivity index (χ4v) is 2.31. The third-order valence-corrected chi connectivity index (χ3v) is 2.74. The van der Waals surface area contributed by atoms with Gasteiger partial charge in [0.2, 0.25) is 0 Å². The van der Waals surface area contributed by atoms with Gasteiger partial charge in [0.15, 0.2) is 0 Å². The van der Waals surface area contributed by atoms with Crippen LogP contribution in [0.25, 0.3) is 0 Å². The van der Waals surface area contributed by atoms with Gasteiger partial charge in [-0.05, 0) is 30.8 Å².